The van der Waals surface area contributed by atoms with Gasteiger partial charge in [0.25, 0.3) is 0 Å². The molecule has 0 amide bonds. The lowest BCUT2D eigenvalue weighted by atomic mass is 10.1. The number of hydrogen-bond donors (Lipinski definition) is 0. The number of Topliss-reactive ketones (excluding diaryl/α,β-unsaturated/α-hetero) is 1. The molecular formula is C13H12ClNOS. The van der Waals surface area contributed by atoms with Crippen molar-refractivity contribution in [1.29, 1.82) is 0 Å². The molecular weight excluding hydrogens is 254 g/mol. The van der Waals surface area contributed by atoms with Gasteiger partial charge in [-0.05, 0) is 36.4 Å². The Morgan fingerprint density at radius 3 is 2.71 bits per heavy atom. The summed E-state index contributed by atoms with van der Waals surface area (Å²) >= 11 is 7.46. The lowest BCUT2D eigenvalue weighted by Crippen LogP contribution is -2.03. The summed E-state index contributed by atoms with van der Waals surface area (Å²) in [6, 6.07) is 3.83. The largest absolute Gasteiger partial charge is 0.293 e. The number of ketones is 1. The summed E-state index contributed by atoms with van der Waals surface area (Å²) < 4.78 is 0. The molecule has 17 heavy (non-hydrogen) atoms. The van der Waals surface area contributed by atoms with Crippen LogP contribution in [0.1, 0.15) is 26.5 Å². The fraction of sp³-hybridized carbons (Fsp3) is 0.231. The number of pyridine rings is 1. The van der Waals surface area contributed by atoms with Gasteiger partial charge in [-0.25, -0.2) is 0 Å². The number of hydrogen-bond acceptors (Lipinski definition) is 3. The Bertz CT molecular complexity index is 545. The summed E-state index contributed by atoms with van der Waals surface area (Å²) in [6.45, 7) is 3.87. The van der Waals surface area contributed by atoms with Crippen molar-refractivity contribution in [3.05, 3.63) is 50.4 Å². The van der Waals surface area contributed by atoms with Crippen molar-refractivity contribution >= 4 is 28.7 Å². The first-order chi connectivity index (χ1) is 8.08. The number of carbonyl (C=O) groups excluding carboxylic acids is 1. The number of nitrogens with zero attached hydrogens (tertiary/aromatic N) is 1. The van der Waals surface area contributed by atoms with Crippen LogP contribution in [0.3, 0.4) is 0 Å². The van der Waals surface area contributed by atoms with Crippen LogP contribution in [0.5, 0.6) is 0 Å². The molecule has 2 nitrogen and oxygen atoms in total. The second kappa shape index (κ2) is 4.98. The summed E-state index contributed by atoms with van der Waals surface area (Å²) in [5, 5.41) is 2.48. The third kappa shape index (κ3) is 2.73. The zero-order valence-electron chi connectivity index (χ0n) is 9.66. The summed E-state index contributed by atoms with van der Waals surface area (Å²) in [6.07, 6.45) is 2.07. The molecule has 0 aromatic carbocycles. The van der Waals surface area contributed by atoms with Crippen LogP contribution in [0.25, 0.3) is 0 Å². The zero-order valence-corrected chi connectivity index (χ0v) is 11.2. The van der Waals surface area contributed by atoms with E-state index in [4.69, 9.17) is 11.6 Å². The Morgan fingerprint density at radius 1 is 1.41 bits per heavy atom. The van der Waals surface area contributed by atoms with Crippen molar-refractivity contribution in [2.45, 2.75) is 20.3 Å². The first kappa shape index (κ1) is 12.3. The van der Waals surface area contributed by atoms with Crippen molar-refractivity contribution in [3.8, 4) is 0 Å². The Kier molecular flexibility index (Phi) is 3.60. The highest BCUT2D eigenvalue weighted by Crippen LogP contribution is 2.28. The zero-order chi connectivity index (χ0) is 12.4. The van der Waals surface area contributed by atoms with E-state index in [0.717, 1.165) is 16.8 Å². The summed E-state index contributed by atoms with van der Waals surface area (Å²) in [7, 11) is 0. The summed E-state index contributed by atoms with van der Waals surface area (Å²) in [5.74, 6) is 0.0319. The molecule has 0 aliphatic rings. The van der Waals surface area contributed by atoms with Gasteiger partial charge in [0.05, 0.1) is 16.3 Å². The molecule has 2 aromatic heterocycles. The molecule has 0 aliphatic carbocycles. The van der Waals surface area contributed by atoms with Crippen LogP contribution >= 0.6 is 22.9 Å². The van der Waals surface area contributed by atoms with E-state index < -0.39 is 0 Å². The average molecular weight is 266 g/mol. The Labute approximate surface area is 109 Å². The molecule has 0 bridgehead atoms. The van der Waals surface area contributed by atoms with Gasteiger partial charge < -0.3 is 0 Å². The molecule has 0 unspecified atom stereocenters. The van der Waals surface area contributed by atoms with Gasteiger partial charge >= 0.3 is 0 Å². The van der Waals surface area contributed by atoms with Crippen molar-refractivity contribution < 1.29 is 4.79 Å². The molecule has 0 N–H and O–H groups in total. The number of carbonyl (C=O) groups is 1. The smallest absolute Gasteiger partial charge is 0.180 e. The third-order valence-electron chi connectivity index (χ3n) is 2.47. The molecule has 4 heteroatoms. The molecule has 0 fully saturated rings. The minimum atomic E-state index is 0.0319. The molecule has 0 spiro atoms. The maximum atomic E-state index is 12.0. The number of aromatic nitrogens is 1. The normalized spacial score (nSPS) is 10.5. The first-order valence-electron chi connectivity index (χ1n) is 5.26. The minimum absolute atomic E-state index is 0.0319. The highest BCUT2D eigenvalue weighted by Gasteiger charge is 2.15. The van der Waals surface area contributed by atoms with Gasteiger partial charge in [0, 0.05) is 11.9 Å². The molecule has 0 saturated heterocycles. The van der Waals surface area contributed by atoms with E-state index in [9.17, 15) is 4.79 Å². The first-order valence-corrected chi connectivity index (χ1v) is 6.52. The van der Waals surface area contributed by atoms with E-state index >= 15 is 0 Å². The van der Waals surface area contributed by atoms with E-state index in [1.165, 1.54) is 11.3 Å². The van der Waals surface area contributed by atoms with Gasteiger partial charge in [-0.15, -0.1) is 11.3 Å². The van der Waals surface area contributed by atoms with Crippen molar-refractivity contribution in [2.24, 2.45) is 0 Å². The Morgan fingerprint density at radius 2 is 2.18 bits per heavy atom. The van der Waals surface area contributed by atoms with Gasteiger partial charge in [0.1, 0.15) is 0 Å². The third-order valence-corrected chi connectivity index (χ3v) is 4.20. The van der Waals surface area contributed by atoms with Crippen LogP contribution in [-0.2, 0) is 6.42 Å². The van der Waals surface area contributed by atoms with E-state index in [0.29, 0.717) is 16.3 Å². The van der Waals surface area contributed by atoms with Crippen LogP contribution in [0.15, 0.2) is 23.7 Å². The maximum absolute atomic E-state index is 12.0. The number of rotatable bonds is 3. The van der Waals surface area contributed by atoms with Gasteiger partial charge in [-0.3, -0.25) is 9.78 Å². The van der Waals surface area contributed by atoms with Crippen LogP contribution in [0, 0.1) is 13.8 Å². The summed E-state index contributed by atoms with van der Waals surface area (Å²) in [4.78, 5) is 16.9. The second-order valence-electron chi connectivity index (χ2n) is 3.99. The van der Waals surface area contributed by atoms with E-state index in [1.54, 1.807) is 6.20 Å². The van der Waals surface area contributed by atoms with Gasteiger partial charge in [0.2, 0.25) is 0 Å². The van der Waals surface area contributed by atoms with E-state index in [-0.39, 0.29) is 5.78 Å². The minimum Gasteiger partial charge on any atom is -0.293 e. The highest BCUT2D eigenvalue weighted by atomic mass is 35.5. The van der Waals surface area contributed by atoms with Gasteiger partial charge in [-0.2, -0.15) is 0 Å². The van der Waals surface area contributed by atoms with E-state index in [2.05, 4.69) is 4.98 Å². The molecule has 2 heterocycles. The van der Waals surface area contributed by atoms with Crippen LogP contribution in [0.2, 0.25) is 5.02 Å². The molecule has 0 aliphatic heterocycles. The molecule has 0 saturated carbocycles. The monoisotopic (exact) mass is 265 g/mol. The predicted octanol–water partition coefficient (Wildman–Crippen LogP) is 3.84. The molecule has 0 atom stereocenters. The molecule has 88 valence electrons. The molecule has 0 radical (unpaired) electrons. The van der Waals surface area contributed by atoms with E-state index in [1.807, 2.05) is 31.4 Å². The van der Waals surface area contributed by atoms with Crippen molar-refractivity contribution in [2.75, 3.05) is 0 Å². The van der Waals surface area contributed by atoms with Crippen molar-refractivity contribution in [1.82, 2.24) is 4.98 Å². The Balaban J connectivity index is 2.17. The second-order valence-corrected chi connectivity index (χ2v) is 5.25. The number of thiophene rings is 1. The average Bonchev–Trinajstić information content (AvgIpc) is 2.63. The SMILES string of the molecule is Cc1ccc(CC(=O)c2scc(C)c2Cl)nc1. The highest BCUT2D eigenvalue weighted by molar-refractivity contribution is 7.13. The van der Waals surface area contributed by atoms with Gasteiger partial charge in [-0.1, -0.05) is 17.7 Å². The van der Waals surface area contributed by atoms with Crippen LogP contribution < -0.4 is 0 Å². The quantitative estimate of drug-likeness (QED) is 0.790. The molecule has 2 aromatic rings. The summed E-state index contributed by atoms with van der Waals surface area (Å²) in [5.41, 5.74) is 2.82. The fourth-order valence-electron chi connectivity index (χ4n) is 1.47. The topological polar surface area (TPSA) is 30.0 Å². The lowest BCUT2D eigenvalue weighted by Gasteiger charge is -2.00. The standard InChI is InChI=1S/C13H12ClNOS/c1-8-3-4-10(15-6-8)5-11(16)13-12(14)9(2)7-17-13/h3-4,6-7H,5H2,1-2H3. The van der Waals surface area contributed by atoms with Crippen LogP contribution in [0.4, 0.5) is 0 Å². The lowest BCUT2D eigenvalue weighted by molar-refractivity contribution is 0.0996. The predicted molar refractivity (Wildman–Crippen MR) is 71.1 cm³/mol. The number of aryl methyl sites for hydroxylation is 2. The number of halogens is 1. The van der Waals surface area contributed by atoms with Gasteiger partial charge in [0.15, 0.2) is 5.78 Å². The van der Waals surface area contributed by atoms with Crippen molar-refractivity contribution in [3.63, 3.8) is 0 Å². The fourth-order valence-corrected chi connectivity index (χ4v) is 2.70. The maximum Gasteiger partial charge on any atom is 0.180 e. The molecule has 2 rings (SSSR count). The Hall–Kier alpha value is -1.19. The van der Waals surface area contributed by atoms with Crippen LogP contribution in [-0.4, -0.2) is 10.8 Å².